The lowest BCUT2D eigenvalue weighted by Gasteiger charge is -2.36. The fraction of sp³-hybridized carbons (Fsp3) is 0.314. The number of ether oxygens (including phenoxy) is 3. The fourth-order valence-corrected chi connectivity index (χ4v) is 6.83. The second-order valence-corrected chi connectivity index (χ2v) is 11.9. The molecule has 0 aromatic heterocycles. The van der Waals surface area contributed by atoms with Crippen LogP contribution in [0.3, 0.4) is 0 Å². The summed E-state index contributed by atoms with van der Waals surface area (Å²) in [6.45, 7) is 1.68. The Bertz CT molecular complexity index is 1700. The highest BCUT2D eigenvalue weighted by molar-refractivity contribution is 5.62. The van der Waals surface area contributed by atoms with E-state index in [-0.39, 0.29) is 35.1 Å². The normalized spacial score (nSPS) is 19.9. The third-order valence-corrected chi connectivity index (χ3v) is 9.23. The van der Waals surface area contributed by atoms with Gasteiger partial charge in [0.1, 0.15) is 5.75 Å². The summed E-state index contributed by atoms with van der Waals surface area (Å²) in [6.07, 6.45) is 2.93. The molecule has 4 aliphatic heterocycles. The number of likely N-dealkylation sites (N-methyl/N-ethyl adjacent to an activating group) is 2. The van der Waals surface area contributed by atoms with Crippen LogP contribution < -0.4 is 14.2 Å². The van der Waals surface area contributed by atoms with Crippen LogP contribution >= 0.6 is 0 Å². The lowest BCUT2D eigenvalue weighted by Crippen LogP contribution is -2.34. The predicted octanol–water partition coefficient (Wildman–Crippen LogP) is 6.25. The zero-order valence-corrected chi connectivity index (χ0v) is 24.6. The Labute approximate surface area is 251 Å². The Morgan fingerprint density at radius 1 is 0.698 bits per heavy atom. The smallest absolute Gasteiger partial charge is 0.204 e. The van der Waals surface area contributed by atoms with Crippen LogP contribution in [0.5, 0.6) is 46.0 Å². The van der Waals surface area contributed by atoms with Crippen LogP contribution in [0.25, 0.3) is 0 Å². The highest BCUT2D eigenvalue weighted by Crippen LogP contribution is 2.50. The number of methoxy groups -OCH3 is 1. The van der Waals surface area contributed by atoms with E-state index in [4.69, 9.17) is 14.2 Å². The molecule has 3 N–H and O–H groups in total. The Morgan fingerprint density at radius 3 is 2.12 bits per heavy atom. The average molecular weight is 581 g/mol. The van der Waals surface area contributed by atoms with Gasteiger partial charge in [0.25, 0.3) is 0 Å². The van der Waals surface area contributed by atoms with Gasteiger partial charge in [-0.1, -0.05) is 18.2 Å². The SMILES string of the molecule is COc1c(O)cc2c3c1Oc1ccc(cc1)C[C@@H]1c4cc(c(O)cc4CCN1C)Oc1cc(ccc1O)C[C@@H]3N(C)CC2. The number of aromatic hydroxyl groups is 3. The Morgan fingerprint density at radius 2 is 1.35 bits per heavy atom. The van der Waals surface area contributed by atoms with E-state index in [1.807, 2.05) is 30.3 Å². The van der Waals surface area contributed by atoms with Crippen LogP contribution in [0.1, 0.15) is 45.5 Å². The van der Waals surface area contributed by atoms with Crippen molar-refractivity contribution in [3.05, 3.63) is 94.0 Å². The average Bonchev–Trinajstić information content (AvgIpc) is 2.99. The van der Waals surface area contributed by atoms with E-state index in [1.54, 1.807) is 25.3 Å². The van der Waals surface area contributed by atoms with Crippen molar-refractivity contribution < 1.29 is 29.5 Å². The molecule has 0 fully saturated rings. The number of phenolic OH excluding ortho intramolecular Hbond substituents is 3. The summed E-state index contributed by atoms with van der Waals surface area (Å²) in [6, 6.07) is 18.9. The van der Waals surface area contributed by atoms with Crippen molar-refractivity contribution in [3.8, 4) is 46.0 Å². The van der Waals surface area contributed by atoms with Gasteiger partial charge in [-0.05, 0) is 110 Å². The van der Waals surface area contributed by atoms with E-state index in [9.17, 15) is 15.3 Å². The lowest BCUT2D eigenvalue weighted by atomic mass is 9.87. The lowest BCUT2D eigenvalue weighted by molar-refractivity contribution is 0.221. The van der Waals surface area contributed by atoms with Crippen molar-refractivity contribution in [2.75, 3.05) is 34.3 Å². The van der Waals surface area contributed by atoms with E-state index < -0.39 is 0 Å². The molecular weight excluding hydrogens is 544 g/mol. The number of rotatable bonds is 1. The monoisotopic (exact) mass is 580 g/mol. The van der Waals surface area contributed by atoms with Crippen LogP contribution in [0.2, 0.25) is 0 Å². The first-order chi connectivity index (χ1) is 20.8. The summed E-state index contributed by atoms with van der Waals surface area (Å²) >= 11 is 0. The highest BCUT2D eigenvalue weighted by atomic mass is 16.5. The standard InChI is InChI=1S/C35H36N2O6/c1-36-12-10-22-17-29(39)32-19-25(22)26(36)14-20-4-7-24(8-5-20)42-35-33-23(18-30(40)34(35)41-3)11-13-37(2)27(33)15-21-6-9-28(38)31(16-21)43-32/h4-9,16-19,26-27,38-40H,10-15H2,1-3H3/t26-,27+/m1/s1. The molecule has 6 bridgehead atoms. The second-order valence-electron chi connectivity index (χ2n) is 11.9. The minimum absolute atomic E-state index is 0.00325. The van der Waals surface area contributed by atoms with Crippen molar-refractivity contribution in [2.24, 2.45) is 0 Å². The molecular formula is C35H36N2O6. The Balaban J connectivity index is 1.41. The third kappa shape index (κ3) is 4.90. The van der Waals surface area contributed by atoms with E-state index in [0.717, 1.165) is 65.7 Å². The van der Waals surface area contributed by atoms with Crippen LogP contribution in [0, 0.1) is 0 Å². The number of phenols is 3. The molecule has 0 amide bonds. The number of fused-ring (bicyclic) bond motifs is 2. The minimum atomic E-state index is -0.0998. The maximum absolute atomic E-state index is 11.0. The third-order valence-electron chi connectivity index (χ3n) is 9.23. The molecule has 2 atom stereocenters. The second kappa shape index (κ2) is 10.7. The molecule has 8 heteroatoms. The van der Waals surface area contributed by atoms with Crippen LogP contribution in [0.15, 0.2) is 60.7 Å². The van der Waals surface area contributed by atoms with Gasteiger partial charge in [-0.15, -0.1) is 0 Å². The molecule has 4 aromatic rings. The molecule has 0 unspecified atom stereocenters. The maximum atomic E-state index is 11.0. The Hall–Kier alpha value is -4.40. The van der Waals surface area contributed by atoms with E-state index in [1.165, 1.54) is 0 Å². The Kier molecular flexibility index (Phi) is 6.83. The largest absolute Gasteiger partial charge is 0.504 e. The summed E-state index contributed by atoms with van der Waals surface area (Å²) < 4.78 is 18.5. The molecule has 4 aliphatic rings. The van der Waals surface area contributed by atoms with Gasteiger partial charge < -0.3 is 29.5 Å². The van der Waals surface area contributed by atoms with Gasteiger partial charge in [-0.3, -0.25) is 9.80 Å². The van der Waals surface area contributed by atoms with Gasteiger partial charge in [0.05, 0.1) is 7.11 Å². The van der Waals surface area contributed by atoms with Crippen molar-refractivity contribution in [1.29, 1.82) is 0 Å². The summed E-state index contributed by atoms with van der Waals surface area (Å²) in [5.41, 5.74) is 6.25. The van der Waals surface area contributed by atoms with Crippen LogP contribution in [-0.4, -0.2) is 59.4 Å². The molecule has 4 heterocycles. The zero-order valence-electron chi connectivity index (χ0n) is 24.6. The summed E-state index contributed by atoms with van der Waals surface area (Å²) in [5.74, 6) is 2.18. The highest BCUT2D eigenvalue weighted by Gasteiger charge is 2.33. The van der Waals surface area contributed by atoms with Crippen LogP contribution in [0.4, 0.5) is 0 Å². The van der Waals surface area contributed by atoms with E-state index in [2.05, 4.69) is 36.0 Å². The van der Waals surface area contributed by atoms with Gasteiger partial charge in [-0.25, -0.2) is 0 Å². The van der Waals surface area contributed by atoms with Gasteiger partial charge in [0, 0.05) is 30.7 Å². The van der Waals surface area contributed by atoms with Crippen molar-refractivity contribution in [3.63, 3.8) is 0 Å². The van der Waals surface area contributed by atoms with Crippen molar-refractivity contribution >= 4 is 0 Å². The first kappa shape index (κ1) is 27.4. The molecule has 222 valence electrons. The first-order valence-corrected chi connectivity index (χ1v) is 14.7. The maximum Gasteiger partial charge on any atom is 0.204 e. The van der Waals surface area contributed by atoms with Gasteiger partial charge in [-0.2, -0.15) is 0 Å². The van der Waals surface area contributed by atoms with Crippen LogP contribution in [-0.2, 0) is 25.7 Å². The van der Waals surface area contributed by atoms with Gasteiger partial charge in [0.2, 0.25) is 5.75 Å². The summed E-state index contributed by atoms with van der Waals surface area (Å²) in [7, 11) is 5.73. The topological polar surface area (TPSA) is 94.9 Å². The quantitative estimate of drug-likeness (QED) is 0.243. The predicted molar refractivity (Wildman–Crippen MR) is 163 cm³/mol. The molecule has 0 saturated carbocycles. The van der Waals surface area contributed by atoms with E-state index in [0.29, 0.717) is 29.4 Å². The molecule has 0 radical (unpaired) electrons. The van der Waals surface area contributed by atoms with Gasteiger partial charge >= 0.3 is 0 Å². The molecule has 0 spiro atoms. The summed E-state index contributed by atoms with van der Waals surface area (Å²) in [5, 5.41) is 32.7. The minimum Gasteiger partial charge on any atom is -0.504 e. The first-order valence-electron chi connectivity index (χ1n) is 14.7. The van der Waals surface area contributed by atoms with Crippen molar-refractivity contribution in [2.45, 2.75) is 37.8 Å². The van der Waals surface area contributed by atoms with E-state index >= 15 is 0 Å². The molecule has 4 aromatic carbocycles. The number of hydrogen-bond donors (Lipinski definition) is 3. The zero-order chi connectivity index (χ0) is 29.8. The fourth-order valence-electron chi connectivity index (χ4n) is 6.83. The van der Waals surface area contributed by atoms with Crippen molar-refractivity contribution in [1.82, 2.24) is 9.80 Å². The number of hydrogen-bond acceptors (Lipinski definition) is 8. The summed E-state index contributed by atoms with van der Waals surface area (Å²) in [4.78, 5) is 4.59. The molecule has 0 saturated heterocycles. The molecule has 8 rings (SSSR count). The molecule has 8 nitrogen and oxygen atoms in total. The molecule has 0 aliphatic carbocycles. The number of benzene rings is 4. The number of nitrogens with zero attached hydrogens (tertiary/aromatic N) is 2. The molecule has 43 heavy (non-hydrogen) atoms. The van der Waals surface area contributed by atoms with Gasteiger partial charge in [0.15, 0.2) is 34.5 Å².